The third-order valence-corrected chi connectivity index (χ3v) is 7.99. The number of quaternary nitrogens is 1. The summed E-state index contributed by atoms with van der Waals surface area (Å²) in [5, 5.41) is 1.89. The Hall–Kier alpha value is -2.81. The number of ketones is 1. The zero-order valence-electron chi connectivity index (χ0n) is 19.4. The summed E-state index contributed by atoms with van der Waals surface area (Å²) in [4.78, 5) is 26.5. The Labute approximate surface area is 218 Å². The highest BCUT2D eigenvalue weighted by atomic mass is 35.5. The second-order valence-corrected chi connectivity index (χ2v) is 10.3. The molecule has 3 aromatic rings. The van der Waals surface area contributed by atoms with Crippen LogP contribution in [0.3, 0.4) is 0 Å². The zero-order chi connectivity index (χ0) is 24.4. The number of halogens is 3. The molecule has 0 saturated carbocycles. The van der Waals surface area contributed by atoms with Gasteiger partial charge in [-0.05, 0) is 35.7 Å². The minimum absolute atomic E-state index is 0. The van der Waals surface area contributed by atoms with Gasteiger partial charge in [0, 0.05) is 29.9 Å². The lowest BCUT2D eigenvalue weighted by Gasteiger charge is -2.51. The van der Waals surface area contributed by atoms with E-state index in [0.29, 0.717) is 28.7 Å². The molecule has 2 bridgehead atoms. The summed E-state index contributed by atoms with van der Waals surface area (Å²) < 4.78 is 39.8. The van der Waals surface area contributed by atoms with E-state index in [0.717, 1.165) is 30.8 Å². The van der Waals surface area contributed by atoms with Crippen molar-refractivity contribution in [3.05, 3.63) is 93.7 Å². The number of carbonyl (C=O) groups is 2. The number of benzene rings is 2. The number of hydrogen-bond donors (Lipinski definition) is 0. The standard InChI is InChI=1S/C27H26F2NO4S.ClH/c28-21-6-1-4-19(14-21)26(20-5-2-7-22(29)15-20)34-27(32)33-24-17-30(11-9-18(24)10-12-30)16-23(31)25-8-3-13-35-25;/h1-8,13-15,18,24,26H,9-12,16-17H2;1H/q+1;/p-1. The van der Waals surface area contributed by atoms with Crippen molar-refractivity contribution in [3.63, 3.8) is 0 Å². The maximum Gasteiger partial charge on any atom is 0.509 e. The van der Waals surface area contributed by atoms with E-state index in [1.165, 1.54) is 47.7 Å². The van der Waals surface area contributed by atoms with Gasteiger partial charge in [-0.2, -0.15) is 0 Å². The average molecular weight is 534 g/mol. The molecule has 190 valence electrons. The monoisotopic (exact) mass is 533 g/mol. The number of nitrogens with zero attached hydrogens (tertiary/aromatic N) is 1. The van der Waals surface area contributed by atoms with Crippen LogP contribution in [0.1, 0.15) is 39.7 Å². The van der Waals surface area contributed by atoms with E-state index in [2.05, 4.69) is 0 Å². The highest BCUT2D eigenvalue weighted by molar-refractivity contribution is 7.12. The molecule has 0 spiro atoms. The Kier molecular flexibility index (Phi) is 8.07. The van der Waals surface area contributed by atoms with Crippen molar-refractivity contribution in [1.29, 1.82) is 0 Å². The third kappa shape index (κ3) is 5.77. The molecule has 0 amide bonds. The van der Waals surface area contributed by atoms with Crippen LogP contribution in [0.25, 0.3) is 0 Å². The highest BCUT2D eigenvalue weighted by Gasteiger charge is 2.49. The van der Waals surface area contributed by atoms with Crippen molar-refractivity contribution in [3.8, 4) is 0 Å². The van der Waals surface area contributed by atoms with E-state index in [-0.39, 0.29) is 30.2 Å². The van der Waals surface area contributed by atoms with Crippen molar-refractivity contribution in [2.24, 2.45) is 5.92 Å². The molecule has 3 saturated heterocycles. The summed E-state index contributed by atoms with van der Waals surface area (Å²) >= 11 is 1.44. The molecule has 0 aliphatic carbocycles. The lowest BCUT2D eigenvalue weighted by Crippen LogP contribution is -3.00. The maximum absolute atomic E-state index is 13.9. The predicted octanol–water partition coefficient (Wildman–Crippen LogP) is 2.76. The van der Waals surface area contributed by atoms with Crippen molar-refractivity contribution >= 4 is 23.3 Å². The largest absolute Gasteiger partial charge is 1.00 e. The normalized spacial score (nSPS) is 22.6. The molecule has 5 nitrogen and oxygen atoms in total. The molecule has 2 aromatic carbocycles. The predicted molar refractivity (Wildman–Crippen MR) is 127 cm³/mol. The summed E-state index contributed by atoms with van der Waals surface area (Å²) in [6.45, 7) is 2.70. The van der Waals surface area contributed by atoms with Crippen LogP contribution in [0.15, 0.2) is 66.0 Å². The summed E-state index contributed by atoms with van der Waals surface area (Å²) in [6.07, 6.45) is -0.537. The molecule has 0 N–H and O–H groups in total. The van der Waals surface area contributed by atoms with Crippen molar-refractivity contribution in [2.75, 3.05) is 26.2 Å². The molecule has 3 aliphatic rings. The number of carbonyl (C=O) groups excluding carboxylic acids is 2. The fraction of sp³-hybridized carbons (Fsp3) is 0.333. The summed E-state index contributed by atoms with van der Waals surface area (Å²) in [7, 11) is 0. The number of hydrogen-bond acceptors (Lipinski definition) is 5. The lowest BCUT2D eigenvalue weighted by molar-refractivity contribution is -0.938. The molecule has 1 unspecified atom stereocenters. The minimum Gasteiger partial charge on any atom is -1.00 e. The summed E-state index contributed by atoms with van der Waals surface area (Å²) in [5.74, 6) is -0.652. The number of thiophene rings is 1. The molecule has 3 aliphatic heterocycles. The molecule has 9 heteroatoms. The Morgan fingerprint density at radius 1 is 0.972 bits per heavy atom. The first-order valence-corrected chi connectivity index (χ1v) is 12.6. The van der Waals surface area contributed by atoms with E-state index in [4.69, 9.17) is 9.47 Å². The lowest BCUT2D eigenvalue weighted by atomic mass is 9.83. The Morgan fingerprint density at radius 2 is 1.61 bits per heavy atom. The molecular weight excluding hydrogens is 508 g/mol. The molecule has 1 aromatic heterocycles. The van der Waals surface area contributed by atoms with Crippen LogP contribution in [0.5, 0.6) is 0 Å². The fourth-order valence-electron chi connectivity index (χ4n) is 5.31. The van der Waals surface area contributed by atoms with Crippen molar-refractivity contribution in [1.82, 2.24) is 0 Å². The number of ether oxygens (including phenoxy) is 2. The first kappa shape index (κ1) is 26.3. The van der Waals surface area contributed by atoms with E-state index >= 15 is 0 Å². The zero-order valence-corrected chi connectivity index (χ0v) is 21.0. The van der Waals surface area contributed by atoms with Gasteiger partial charge in [-0.1, -0.05) is 30.3 Å². The molecular formula is C27H26ClF2NO4S. The van der Waals surface area contributed by atoms with Gasteiger partial charge in [-0.3, -0.25) is 4.79 Å². The van der Waals surface area contributed by atoms with E-state index in [1.54, 1.807) is 12.1 Å². The fourth-order valence-corrected chi connectivity index (χ4v) is 5.97. The van der Waals surface area contributed by atoms with Crippen LogP contribution in [-0.2, 0) is 9.47 Å². The number of piperidine rings is 3. The van der Waals surface area contributed by atoms with E-state index < -0.39 is 23.9 Å². The van der Waals surface area contributed by atoms with Gasteiger partial charge in [0.1, 0.15) is 24.7 Å². The average Bonchev–Trinajstić information content (AvgIpc) is 3.38. The Balaban J connectivity index is 0.00000304. The number of Topliss-reactive ketones (excluding diaryl/α,β-unsaturated/α-hetero) is 1. The molecule has 1 atom stereocenters. The molecule has 0 radical (unpaired) electrons. The van der Waals surface area contributed by atoms with Gasteiger partial charge in [0.25, 0.3) is 0 Å². The van der Waals surface area contributed by atoms with Crippen LogP contribution in [0.2, 0.25) is 0 Å². The minimum atomic E-state index is -1.02. The van der Waals surface area contributed by atoms with Crippen molar-refractivity contribution < 1.29 is 44.7 Å². The van der Waals surface area contributed by atoms with Crippen molar-refractivity contribution in [2.45, 2.75) is 25.0 Å². The molecule has 4 heterocycles. The topological polar surface area (TPSA) is 52.6 Å². The van der Waals surface area contributed by atoms with E-state index in [1.807, 2.05) is 17.5 Å². The molecule has 36 heavy (non-hydrogen) atoms. The number of fused-ring (bicyclic) bond motifs is 3. The van der Waals surface area contributed by atoms with Gasteiger partial charge in [0.2, 0.25) is 5.78 Å². The second-order valence-electron chi connectivity index (χ2n) is 9.38. The molecule has 6 rings (SSSR count). The highest BCUT2D eigenvalue weighted by Crippen LogP contribution is 2.37. The summed E-state index contributed by atoms with van der Waals surface area (Å²) in [5.41, 5.74) is 0.762. The number of rotatable bonds is 7. The maximum atomic E-state index is 13.9. The van der Waals surface area contributed by atoms with Crippen LogP contribution in [-0.4, -0.2) is 48.7 Å². The van der Waals surface area contributed by atoms with Gasteiger partial charge in [0.05, 0.1) is 18.0 Å². The van der Waals surface area contributed by atoms with Gasteiger partial charge in [-0.25, -0.2) is 13.6 Å². The van der Waals surface area contributed by atoms with Gasteiger partial charge in [-0.15, -0.1) is 11.3 Å². The van der Waals surface area contributed by atoms with Crippen LogP contribution in [0, 0.1) is 17.6 Å². The van der Waals surface area contributed by atoms with Gasteiger partial charge < -0.3 is 26.4 Å². The molecule has 3 fully saturated rings. The van der Waals surface area contributed by atoms with Crippen LogP contribution >= 0.6 is 11.3 Å². The quantitative estimate of drug-likeness (QED) is 0.266. The van der Waals surface area contributed by atoms with Gasteiger partial charge in [0.15, 0.2) is 12.2 Å². The SMILES string of the molecule is O=C(OC(c1cccc(F)c1)c1cccc(F)c1)OC1C[N+]2(CC(=O)c3cccs3)CCC1CC2.[Cl-]. The Bertz CT molecular complexity index is 1170. The van der Waals surface area contributed by atoms with Crippen LogP contribution < -0.4 is 12.4 Å². The Morgan fingerprint density at radius 3 is 2.17 bits per heavy atom. The first-order chi connectivity index (χ1) is 16.9. The second kappa shape index (κ2) is 11.1. The smallest absolute Gasteiger partial charge is 0.509 e. The summed E-state index contributed by atoms with van der Waals surface area (Å²) in [6, 6.07) is 15.1. The third-order valence-electron chi connectivity index (χ3n) is 7.08. The van der Waals surface area contributed by atoms with E-state index in [9.17, 15) is 18.4 Å². The van der Waals surface area contributed by atoms with Crippen LogP contribution in [0.4, 0.5) is 13.6 Å². The van der Waals surface area contributed by atoms with Gasteiger partial charge >= 0.3 is 6.16 Å². The first-order valence-electron chi connectivity index (χ1n) is 11.7.